The molecule has 0 amide bonds. The Kier molecular flexibility index (Phi) is 3.77. The van der Waals surface area contributed by atoms with Crippen LogP contribution in [-0.2, 0) is 4.79 Å². The Balaban J connectivity index is 1.93. The summed E-state index contributed by atoms with van der Waals surface area (Å²) in [5, 5.41) is 22.5. The van der Waals surface area contributed by atoms with Crippen LogP contribution in [-0.4, -0.2) is 26.5 Å². The number of aromatic nitrogens is 1. The van der Waals surface area contributed by atoms with Crippen LogP contribution in [0.25, 0.3) is 16.7 Å². The number of nitro groups is 1. The molecule has 7 heteroatoms. The summed E-state index contributed by atoms with van der Waals surface area (Å²) in [5.41, 5.74) is 2.09. The number of aliphatic hydroxyl groups is 1. The number of ketones is 1. The van der Waals surface area contributed by atoms with Gasteiger partial charge in [-0.15, -0.1) is 0 Å². The zero-order valence-corrected chi connectivity index (χ0v) is 14.2. The van der Waals surface area contributed by atoms with Gasteiger partial charge in [-0.25, -0.2) is 4.99 Å². The number of non-ortho nitro benzene ring substituents is 1. The summed E-state index contributed by atoms with van der Waals surface area (Å²) in [6, 6.07) is 13.1. The van der Waals surface area contributed by atoms with Crippen molar-refractivity contribution in [2.24, 2.45) is 4.99 Å². The Labute approximate surface area is 153 Å². The maximum atomic E-state index is 12.1. The van der Waals surface area contributed by atoms with Gasteiger partial charge in [-0.1, -0.05) is 12.1 Å². The Hall–Kier alpha value is -3.87. The summed E-state index contributed by atoms with van der Waals surface area (Å²) in [6.07, 6.45) is 1.67. The highest BCUT2D eigenvalue weighted by atomic mass is 16.6. The van der Waals surface area contributed by atoms with Gasteiger partial charge in [0.05, 0.1) is 27.4 Å². The number of hydrogen-bond donors (Lipinski definition) is 1. The predicted octanol–water partition coefficient (Wildman–Crippen LogP) is 4.14. The SMILES string of the molecule is CC(=O)C1=C(O)c2ccc([N+](=O)[O-])cc2C1=Nc1ccc2cccnc2c1. The van der Waals surface area contributed by atoms with Gasteiger partial charge in [-0.3, -0.25) is 19.9 Å². The second kappa shape index (κ2) is 6.14. The number of rotatable bonds is 3. The number of carbonyl (C=O) groups excluding carboxylic acids is 1. The number of hydrogen-bond acceptors (Lipinski definition) is 6. The molecule has 1 heterocycles. The molecule has 1 N–H and O–H groups in total. The topological polar surface area (TPSA) is 106 Å². The summed E-state index contributed by atoms with van der Waals surface area (Å²) in [5.74, 6) is -0.589. The zero-order chi connectivity index (χ0) is 19.1. The van der Waals surface area contributed by atoms with E-state index in [2.05, 4.69) is 9.98 Å². The fourth-order valence-electron chi connectivity index (χ4n) is 3.13. The van der Waals surface area contributed by atoms with E-state index in [4.69, 9.17) is 0 Å². The van der Waals surface area contributed by atoms with Crippen LogP contribution in [0.5, 0.6) is 0 Å². The lowest BCUT2D eigenvalue weighted by molar-refractivity contribution is -0.384. The molecule has 0 aliphatic heterocycles. The zero-order valence-electron chi connectivity index (χ0n) is 14.2. The van der Waals surface area contributed by atoms with Crippen molar-refractivity contribution in [2.75, 3.05) is 0 Å². The standard InChI is InChI=1S/C20H13N3O4/c1-11(24)18-19(16-10-14(23(26)27)6-7-15(16)20(18)25)22-13-5-4-12-3-2-8-21-17(12)9-13/h2-10,25H,1H3. The molecule has 4 rings (SSSR count). The van der Waals surface area contributed by atoms with Gasteiger partial charge in [0.25, 0.3) is 5.69 Å². The first kappa shape index (κ1) is 16.6. The number of pyridine rings is 1. The summed E-state index contributed by atoms with van der Waals surface area (Å²) in [4.78, 5) is 31.5. The molecule has 132 valence electrons. The molecule has 3 aromatic rings. The maximum Gasteiger partial charge on any atom is 0.270 e. The fraction of sp³-hybridized carbons (Fsp3) is 0.0500. The Bertz CT molecular complexity index is 1190. The summed E-state index contributed by atoms with van der Waals surface area (Å²) < 4.78 is 0. The molecule has 0 bridgehead atoms. The van der Waals surface area contributed by atoms with Crippen molar-refractivity contribution in [1.82, 2.24) is 4.98 Å². The molecule has 0 saturated heterocycles. The molecule has 0 atom stereocenters. The summed E-state index contributed by atoms with van der Waals surface area (Å²) >= 11 is 0. The molecule has 0 unspecified atom stereocenters. The maximum absolute atomic E-state index is 12.1. The van der Waals surface area contributed by atoms with Crippen molar-refractivity contribution in [3.63, 3.8) is 0 Å². The second-order valence-electron chi connectivity index (χ2n) is 6.11. The minimum atomic E-state index is -0.527. The molecule has 0 fully saturated rings. The fourth-order valence-corrected chi connectivity index (χ4v) is 3.13. The van der Waals surface area contributed by atoms with Crippen molar-refractivity contribution in [2.45, 2.75) is 6.92 Å². The second-order valence-corrected chi connectivity index (χ2v) is 6.11. The third-order valence-electron chi connectivity index (χ3n) is 4.38. The third kappa shape index (κ3) is 2.75. The summed E-state index contributed by atoms with van der Waals surface area (Å²) in [7, 11) is 0. The molecule has 27 heavy (non-hydrogen) atoms. The lowest BCUT2D eigenvalue weighted by Crippen LogP contribution is -2.08. The average molecular weight is 359 g/mol. The van der Waals surface area contributed by atoms with Crippen molar-refractivity contribution in [3.8, 4) is 0 Å². The Morgan fingerprint density at radius 1 is 1.15 bits per heavy atom. The van der Waals surface area contributed by atoms with Crippen LogP contribution in [0, 0.1) is 10.1 Å². The first-order valence-corrected chi connectivity index (χ1v) is 8.13. The quantitative estimate of drug-likeness (QED) is 0.559. The first-order chi connectivity index (χ1) is 13.0. The molecule has 1 aromatic heterocycles. The van der Waals surface area contributed by atoms with E-state index in [1.807, 2.05) is 18.2 Å². The highest BCUT2D eigenvalue weighted by molar-refractivity contribution is 6.36. The van der Waals surface area contributed by atoms with Crippen LogP contribution < -0.4 is 0 Å². The van der Waals surface area contributed by atoms with Crippen LogP contribution in [0.2, 0.25) is 0 Å². The molecule has 2 aromatic carbocycles. The van der Waals surface area contributed by atoms with Gasteiger partial charge in [0.1, 0.15) is 5.76 Å². The monoisotopic (exact) mass is 359 g/mol. The number of Topliss-reactive ketones (excluding diaryl/α,β-unsaturated/α-hetero) is 1. The van der Waals surface area contributed by atoms with Gasteiger partial charge in [0.2, 0.25) is 0 Å². The lowest BCUT2D eigenvalue weighted by atomic mass is 10.0. The predicted molar refractivity (Wildman–Crippen MR) is 101 cm³/mol. The van der Waals surface area contributed by atoms with Gasteiger partial charge < -0.3 is 5.11 Å². The van der Waals surface area contributed by atoms with Gasteiger partial charge in [0.15, 0.2) is 5.78 Å². The molecular weight excluding hydrogens is 346 g/mol. The number of fused-ring (bicyclic) bond motifs is 2. The van der Waals surface area contributed by atoms with Crippen LogP contribution in [0.15, 0.2) is 65.3 Å². The van der Waals surface area contributed by atoms with Crippen molar-refractivity contribution in [3.05, 3.63) is 81.5 Å². The van der Waals surface area contributed by atoms with Crippen LogP contribution in [0.4, 0.5) is 11.4 Å². The Morgan fingerprint density at radius 3 is 2.70 bits per heavy atom. The van der Waals surface area contributed by atoms with Crippen LogP contribution in [0.3, 0.4) is 0 Å². The number of carbonyl (C=O) groups is 1. The van der Waals surface area contributed by atoms with Crippen LogP contribution in [0.1, 0.15) is 18.1 Å². The first-order valence-electron chi connectivity index (χ1n) is 8.13. The average Bonchev–Trinajstić information content (AvgIpc) is 2.93. The van der Waals surface area contributed by atoms with E-state index in [1.165, 1.54) is 25.1 Å². The van der Waals surface area contributed by atoms with E-state index in [0.717, 1.165) is 10.9 Å². The number of nitro benzene ring substituents is 1. The highest BCUT2D eigenvalue weighted by Crippen LogP contribution is 2.36. The number of aliphatic hydroxyl groups excluding tert-OH is 1. The molecule has 1 aliphatic carbocycles. The molecule has 0 radical (unpaired) electrons. The van der Waals surface area contributed by atoms with Gasteiger partial charge in [-0.2, -0.15) is 0 Å². The number of allylic oxidation sites excluding steroid dienone is 1. The van der Waals surface area contributed by atoms with E-state index in [1.54, 1.807) is 18.3 Å². The lowest BCUT2D eigenvalue weighted by Gasteiger charge is -2.05. The van der Waals surface area contributed by atoms with Gasteiger partial charge in [-0.05, 0) is 31.2 Å². The van der Waals surface area contributed by atoms with Crippen molar-refractivity contribution >= 4 is 39.5 Å². The smallest absolute Gasteiger partial charge is 0.270 e. The minimum Gasteiger partial charge on any atom is -0.506 e. The third-order valence-corrected chi connectivity index (χ3v) is 4.38. The van der Waals surface area contributed by atoms with E-state index in [-0.39, 0.29) is 28.5 Å². The molecule has 7 nitrogen and oxygen atoms in total. The molecular formula is C20H13N3O4. The Morgan fingerprint density at radius 2 is 1.96 bits per heavy atom. The number of aliphatic imine (C=N–C) groups is 1. The van der Waals surface area contributed by atoms with E-state index in [9.17, 15) is 20.0 Å². The van der Waals surface area contributed by atoms with E-state index in [0.29, 0.717) is 16.8 Å². The van der Waals surface area contributed by atoms with Crippen LogP contribution >= 0.6 is 0 Å². The van der Waals surface area contributed by atoms with E-state index < -0.39 is 4.92 Å². The van der Waals surface area contributed by atoms with E-state index >= 15 is 0 Å². The number of nitrogens with zero attached hydrogens (tertiary/aromatic N) is 3. The molecule has 0 spiro atoms. The largest absolute Gasteiger partial charge is 0.506 e. The molecule has 1 aliphatic rings. The van der Waals surface area contributed by atoms with Crippen molar-refractivity contribution < 1.29 is 14.8 Å². The van der Waals surface area contributed by atoms with Gasteiger partial charge in [0, 0.05) is 34.8 Å². The normalized spacial score (nSPS) is 14.6. The minimum absolute atomic E-state index is 0.0478. The summed E-state index contributed by atoms with van der Waals surface area (Å²) in [6.45, 7) is 1.32. The molecule has 0 saturated carbocycles. The van der Waals surface area contributed by atoms with Gasteiger partial charge >= 0.3 is 0 Å². The number of benzene rings is 2. The van der Waals surface area contributed by atoms with Crippen molar-refractivity contribution in [1.29, 1.82) is 0 Å². The highest BCUT2D eigenvalue weighted by Gasteiger charge is 2.32.